The number of esters is 1. The molecule has 1 unspecified atom stereocenters. The maximum Gasteiger partial charge on any atom is 0.331 e. The zero-order valence-electron chi connectivity index (χ0n) is 16.1. The van der Waals surface area contributed by atoms with Gasteiger partial charge in [-0.1, -0.05) is 0 Å². The fourth-order valence-electron chi connectivity index (χ4n) is 2.32. The SMILES string of the molecule is CC(CC[Si](C)(O[Si](C)(C)C)O[Si](C)(C)C)OC(=O)/C=C/C(=O)O. The average Bonchev–Trinajstić information content (AvgIpc) is 2.29. The molecule has 1 atom stereocenters. The van der Waals surface area contributed by atoms with Crippen molar-refractivity contribution in [2.45, 2.75) is 71.3 Å². The zero-order valence-corrected chi connectivity index (χ0v) is 19.1. The van der Waals surface area contributed by atoms with Gasteiger partial charge in [0.05, 0.1) is 6.10 Å². The molecule has 0 fully saturated rings. The van der Waals surface area contributed by atoms with Crippen LogP contribution in [0.4, 0.5) is 0 Å². The normalized spacial score (nSPS) is 14.7. The van der Waals surface area contributed by atoms with E-state index in [1.54, 1.807) is 6.92 Å². The molecule has 9 heteroatoms. The lowest BCUT2D eigenvalue weighted by molar-refractivity contribution is -0.142. The van der Waals surface area contributed by atoms with E-state index in [4.69, 9.17) is 18.1 Å². The van der Waals surface area contributed by atoms with Crippen LogP contribution in [0.15, 0.2) is 12.2 Å². The highest BCUT2D eigenvalue weighted by atomic mass is 28.5. The van der Waals surface area contributed by atoms with Crippen LogP contribution in [0.25, 0.3) is 0 Å². The quantitative estimate of drug-likeness (QED) is 0.346. The predicted molar refractivity (Wildman–Crippen MR) is 102 cm³/mol. The van der Waals surface area contributed by atoms with Crippen molar-refractivity contribution >= 4 is 37.1 Å². The Hall–Kier alpha value is -0.749. The van der Waals surface area contributed by atoms with Crippen LogP contribution in [-0.4, -0.2) is 48.3 Å². The summed E-state index contributed by atoms with van der Waals surface area (Å²) in [4.78, 5) is 21.9. The van der Waals surface area contributed by atoms with Crippen molar-refractivity contribution < 1.29 is 27.7 Å². The first-order chi connectivity index (χ1) is 10.6. The van der Waals surface area contributed by atoms with Crippen molar-refractivity contribution in [3.05, 3.63) is 12.2 Å². The molecule has 140 valence electrons. The molecule has 0 aliphatic rings. The number of aliphatic carboxylic acids is 1. The van der Waals surface area contributed by atoms with E-state index in [1.807, 2.05) is 0 Å². The van der Waals surface area contributed by atoms with Crippen LogP contribution in [0.3, 0.4) is 0 Å². The summed E-state index contributed by atoms with van der Waals surface area (Å²) in [7, 11) is -5.84. The number of hydrogen-bond donors (Lipinski definition) is 1. The minimum Gasteiger partial charge on any atom is -0.478 e. The van der Waals surface area contributed by atoms with E-state index in [0.717, 1.165) is 18.2 Å². The van der Waals surface area contributed by atoms with Crippen molar-refractivity contribution in [3.8, 4) is 0 Å². The van der Waals surface area contributed by atoms with Gasteiger partial charge in [-0.2, -0.15) is 0 Å². The third-order valence-corrected chi connectivity index (χ3v) is 12.3. The first-order valence-electron chi connectivity index (χ1n) is 8.14. The van der Waals surface area contributed by atoms with Crippen LogP contribution in [0.2, 0.25) is 51.9 Å². The number of carbonyl (C=O) groups excluding carboxylic acids is 1. The summed E-state index contributed by atoms with van der Waals surface area (Å²) in [5.41, 5.74) is 0. The van der Waals surface area contributed by atoms with E-state index in [0.29, 0.717) is 6.42 Å². The molecule has 0 bridgehead atoms. The summed E-state index contributed by atoms with van der Waals surface area (Å²) in [6.45, 7) is 16.8. The van der Waals surface area contributed by atoms with Crippen LogP contribution >= 0.6 is 0 Å². The smallest absolute Gasteiger partial charge is 0.331 e. The molecule has 0 radical (unpaired) electrons. The predicted octanol–water partition coefficient (Wildman–Crippen LogP) is 3.72. The van der Waals surface area contributed by atoms with Crippen molar-refractivity contribution in [1.82, 2.24) is 0 Å². The van der Waals surface area contributed by atoms with Gasteiger partial charge in [-0.15, -0.1) is 0 Å². The molecule has 0 aliphatic heterocycles. The minimum atomic E-state index is -2.35. The topological polar surface area (TPSA) is 82.1 Å². The number of carboxylic acids is 1. The Morgan fingerprint density at radius 2 is 1.42 bits per heavy atom. The van der Waals surface area contributed by atoms with Gasteiger partial charge in [0.2, 0.25) is 0 Å². The van der Waals surface area contributed by atoms with Gasteiger partial charge < -0.3 is 18.1 Å². The third kappa shape index (κ3) is 12.6. The molecule has 0 aromatic heterocycles. The molecule has 0 aromatic carbocycles. The van der Waals surface area contributed by atoms with Crippen LogP contribution in [-0.2, 0) is 22.6 Å². The molecule has 0 aromatic rings. The Bertz CT molecular complexity index is 449. The van der Waals surface area contributed by atoms with Gasteiger partial charge >= 0.3 is 20.5 Å². The number of carbonyl (C=O) groups is 2. The van der Waals surface area contributed by atoms with Crippen molar-refractivity contribution in [2.24, 2.45) is 0 Å². The van der Waals surface area contributed by atoms with Gasteiger partial charge in [0.15, 0.2) is 16.6 Å². The summed E-state index contributed by atoms with van der Waals surface area (Å²) in [5, 5.41) is 8.51. The summed E-state index contributed by atoms with van der Waals surface area (Å²) >= 11 is 0. The molecule has 6 nitrogen and oxygen atoms in total. The molecule has 0 saturated carbocycles. The first kappa shape index (κ1) is 23.3. The summed E-state index contributed by atoms with van der Waals surface area (Å²) in [6, 6.07) is 0.735. The maximum absolute atomic E-state index is 11.5. The van der Waals surface area contributed by atoms with Gasteiger partial charge in [0.25, 0.3) is 0 Å². The fraction of sp³-hybridized carbons (Fsp3) is 0.733. The minimum absolute atomic E-state index is 0.321. The molecule has 0 spiro atoms. The molecule has 0 saturated heterocycles. The average molecular weight is 393 g/mol. The van der Waals surface area contributed by atoms with Gasteiger partial charge in [-0.25, -0.2) is 9.59 Å². The monoisotopic (exact) mass is 392 g/mol. The summed E-state index contributed by atoms with van der Waals surface area (Å²) in [5.74, 6) is -1.82. The van der Waals surface area contributed by atoms with E-state index in [9.17, 15) is 9.59 Å². The highest BCUT2D eigenvalue weighted by Gasteiger charge is 2.40. The van der Waals surface area contributed by atoms with E-state index in [-0.39, 0.29) is 6.10 Å². The van der Waals surface area contributed by atoms with Gasteiger partial charge in [0, 0.05) is 12.2 Å². The molecule has 0 aliphatic carbocycles. The Kier molecular flexibility index (Phi) is 8.80. The molecule has 0 rings (SSSR count). The summed E-state index contributed by atoms with van der Waals surface area (Å²) < 4.78 is 18.0. The molecule has 0 amide bonds. The number of carboxylic acid groups (broad SMARTS) is 1. The van der Waals surface area contributed by atoms with Crippen LogP contribution in [0, 0.1) is 0 Å². The van der Waals surface area contributed by atoms with Gasteiger partial charge in [0.1, 0.15) is 0 Å². The molecule has 24 heavy (non-hydrogen) atoms. The Morgan fingerprint density at radius 1 is 0.958 bits per heavy atom. The molecule has 1 N–H and O–H groups in total. The van der Waals surface area contributed by atoms with E-state index in [1.165, 1.54) is 0 Å². The van der Waals surface area contributed by atoms with E-state index in [2.05, 4.69) is 45.8 Å². The molecular formula is C15H32O6Si3. The van der Waals surface area contributed by atoms with Crippen LogP contribution in [0.5, 0.6) is 0 Å². The second-order valence-electron chi connectivity index (χ2n) is 8.02. The maximum atomic E-state index is 11.5. The number of hydrogen-bond acceptors (Lipinski definition) is 5. The lowest BCUT2D eigenvalue weighted by Gasteiger charge is -2.38. The molecule has 0 heterocycles. The Balaban J connectivity index is 4.75. The Labute approximate surface area is 148 Å². The largest absolute Gasteiger partial charge is 0.478 e. The van der Waals surface area contributed by atoms with Gasteiger partial charge in [-0.05, 0) is 65.2 Å². The fourth-order valence-corrected chi connectivity index (χ4v) is 15.0. The van der Waals surface area contributed by atoms with Gasteiger partial charge in [-0.3, -0.25) is 0 Å². The lowest BCUT2D eigenvalue weighted by Crippen LogP contribution is -2.52. The van der Waals surface area contributed by atoms with E-state index >= 15 is 0 Å². The second-order valence-corrected chi connectivity index (χ2v) is 20.9. The van der Waals surface area contributed by atoms with Crippen molar-refractivity contribution in [1.29, 1.82) is 0 Å². The zero-order chi connectivity index (χ0) is 19.2. The van der Waals surface area contributed by atoms with Crippen molar-refractivity contribution in [2.75, 3.05) is 0 Å². The summed E-state index contributed by atoms with van der Waals surface area (Å²) in [6.07, 6.45) is 2.01. The number of rotatable bonds is 10. The highest BCUT2D eigenvalue weighted by molar-refractivity contribution is 6.87. The molecular weight excluding hydrogens is 360 g/mol. The van der Waals surface area contributed by atoms with Crippen LogP contribution in [0.1, 0.15) is 13.3 Å². The highest BCUT2D eigenvalue weighted by Crippen LogP contribution is 2.26. The second kappa shape index (κ2) is 9.09. The lowest BCUT2D eigenvalue weighted by atomic mass is 10.3. The number of ether oxygens (including phenoxy) is 1. The Morgan fingerprint density at radius 3 is 1.79 bits per heavy atom. The first-order valence-corrected chi connectivity index (χ1v) is 17.5. The van der Waals surface area contributed by atoms with Crippen LogP contribution < -0.4 is 0 Å². The third-order valence-electron chi connectivity index (χ3n) is 2.73. The van der Waals surface area contributed by atoms with Crippen molar-refractivity contribution in [3.63, 3.8) is 0 Å². The van der Waals surface area contributed by atoms with E-state index < -0.39 is 37.1 Å². The standard InChI is InChI=1S/C15H32O6Si3/c1-13(19-15(18)10-9-14(16)17)11-12-24(8,20-22(2,3)4)21-23(5,6)7/h9-10,13H,11-12H2,1-8H3,(H,16,17)/b10-9+.